The van der Waals surface area contributed by atoms with Crippen molar-refractivity contribution in [2.45, 2.75) is 44.9 Å². The largest absolute Gasteiger partial charge is 0.416 e. The van der Waals surface area contributed by atoms with Gasteiger partial charge in [-0.2, -0.15) is 13.2 Å². The molecule has 1 fully saturated rings. The lowest BCUT2D eigenvalue weighted by Crippen LogP contribution is -2.36. The van der Waals surface area contributed by atoms with Gasteiger partial charge in [0.1, 0.15) is 5.82 Å². The number of Topliss-reactive ketones (excluding diaryl/α,β-unsaturated/α-hetero) is 1. The van der Waals surface area contributed by atoms with Gasteiger partial charge in [0, 0.05) is 17.8 Å². The number of hydrogen-bond acceptors (Lipinski definition) is 5. The van der Waals surface area contributed by atoms with Crippen molar-refractivity contribution in [2.75, 3.05) is 10.6 Å². The van der Waals surface area contributed by atoms with Gasteiger partial charge in [0.25, 0.3) is 0 Å². The number of amides is 2. The van der Waals surface area contributed by atoms with E-state index in [-0.39, 0.29) is 17.6 Å². The second-order valence-electron chi connectivity index (χ2n) is 9.54. The summed E-state index contributed by atoms with van der Waals surface area (Å²) in [5.74, 6) is -1.46. The topological polar surface area (TPSA) is 91.3 Å². The highest BCUT2D eigenvalue weighted by Gasteiger charge is 2.42. The fourth-order valence-electron chi connectivity index (χ4n) is 4.60. The Morgan fingerprint density at radius 1 is 1.05 bits per heavy atom. The molecule has 0 saturated heterocycles. The molecule has 11 heteroatoms. The van der Waals surface area contributed by atoms with Crippen molar-refractivity contribution in [3.63, 3.8) is 0 Å². The van der Waals surface area contributed by atoms with E-state index in [0.29, 0.717) is 28.9 Å². The van der Waals surface area contributed by atoms with Gasteiger partial charge in [0.05, 0.1) is 21.7 Å². The van der Waals surface area contributed by atoms with Crippen molar-refractivity contribution in [1.29, 1.82) is 0 Å². The number of halogens is 4. The molecule has 1 aromatic heterocycles. The monoisotopic (exact) mass is 535 g/mol. The summed E-state index contributed by atoms with van der Waals surface area (Å²) in [6, 6.07) is 7.37. The summed E-state index contributed by atoms with van der Waals surface area (Å²) in [4.78, 5) is 30.3. The molecule has 1 heterocycles. The van der Waals surface area contributed by atoms with E-state index in [1.54, 1.807) is 44.3 Å². The van der Waals surface area contributed by atoms with Crippen LogP contribution in [0.2, 0.25) is 0 Å². The Hall–Kier alpha value is -3.31. The van der Waals surface area contributed by atoms with Gasteiger partial charge in [-0.1, -0.05) is 18.6 Å². The highest BCUT2D eigenvalue weighted by atomic mass is 32.1. The molecule has 2 aromatic carbocycles. The maximum atomic E-state index is 13.9. The summed E-state index contributed by atoms with van der Waals surface area (Å²) in [6.07, 6.45) is -0.690. The number of nitrogens with zero attached hydrogens (tertiary/aromatic N) is 1. The van der Waals surface area contributed by atoms with Crippen LogP contribution in [0.5, 0.6) is 0 Å². The predicted molar refractivity (Wildman–Crippen MR) is 133 cm³/mol. The second-order valence-corrected chi connectivity index (χ2v) is 10.6. The number of thiazole rings is 1. The average Bonchev–Trinajstić information content (AvgIpc) is 3.50. The van der Waals surface area contributed by atoms with Gasteiger partial charge >= 0.3 is 12.2 Å². The third kappa shape index (κ3) is 6.16. The standard InChI is InChI=1S/C26H25F4N3O3S/c1-25(2,36)18-5-3-4-17(18)22(34)23-31-13-21(37-23)14-6-9-16(10-7-14)32-24(35)33-20-12-15(26(28,29)30)8-11-19(20)27/h6-13,17-18,36H,3-5H2,1-2H3,(H2,32,33,35)/t17-,18-/m0/s1. The van der Waals surface area contributed by atoms with E-state index in [1.807, 2.05) is 0 Å². The van der Waals surface area contributed by atoms with E-state index < -0.39 is 34.9 Å². The lowest BCUT2D eigenvalue weighted by Gasteiger charge is -2.29. The van der Waals surface area contributed by atoms with Crippen LogP contribution in [0, 0.1) is 17.7 Å². The summed E-state index contributed by atoms with van der Waals surface area (Å²) < 4.78 is 52.5. The van der Waals surface area contributed by atoms with Gasteiger partial charge < -0.3 is 15.7 Å². The lowest BCUT2D eigenvalue weighted by molar-refractivity contribution is -0.137. The first kappa shape index (κ1) is 26.7. The molecule has 2 atom stereocenters. The Balaban J connectivity index is 1.41. The Morgan fingerprint density at radius 3 is 2.41 bits per heavy atom. The maximum absolute atomic E-state index is 13.9. The maximum Gasteiger partial charge on any atom is 0.416 e. The molecule has 4 rings (SSSR count). The highest BCUT2D eigenvalue weighted by Crippen LogP contribution is 2.41. The van der Waals surface area contributed by atoms with Crippen molar-refractivity contribution in [3.05, 3.63) is 65.0 Å². The molecule has 0 spiro atoms. The molecule has 3 aromatic rings. The summed E-state index contributed by atoms with van der Waals surface area (Å²) in [6.45, 7) is 3.45. The van der Waals surface area contributed by atoms with Gasteiger partial charge in [-0.05, 0) is 68.5 Å². The van der Waals surface area contributed by atoms with Crippen LogP contribution in [0.25, 0.3) is 10.4 Å². The van der Waals surface area contributed by atoms with Gasteiger partial charge in [0.15, 0.2) is 10.8 Å². The van der Waals surface area contributed by atoms with Crippen LogP contribution in [0.15, 0.2) is 48.7 Å². The molecule has 1 aliphatic carbocycles. The van der Waals surface area contributed by atoms with Crippen LogP contribution in [0.4, 0.5) is 33.7 Å². The number of carbonyl (C=O) groups is 2. The zero-order valence-electron chi connectivity index (χ0n) is 20.0. The molecular weight excluding hydrogens is 510 g/mol. The number of aliphatic hydroxyl groups is 1. The number of alkyl halides is 3. The molecule has 1 aliphatic rings. The van der Waals surface area contributed by atoms with Crippen LogP contribution < -0.4 is 10.6 Å². The predicted octanol–water partition coefficient (Wildman–Crippen LogP) is 6.98. The SMILES string of the molecule is CC(C)(O)[C@H]1CCC[C@@H]1C(=O)c1ncc(-c2ccc(NC(=O)Nc3cc(C(F)(F)F)ccc3F)cc2)s1. The zero-order valence-corrected chi connectivity index (χ0v) is 20.8. The molecule has 0 aliphatic heterocycles. The highest BCUT2D eigenvalue weighted by molar-refractivity contribution is 7.17. The van der Waals surface area contributed by atoms with E-state index >= 15 is 0 Å². The first-order chi connectivity index (χ1) is 17.3. The smallest absolute Gasteiger partial charge is 0.390 e. The number of anilines is 2. The Bertz CT molecular complexity index is 1300. The summed E-state index contributed by atoms with van der Waals surface area (Å²) in [7, 11) is 0. The van der Waals surface area contributed by atoms with Gasteiger partial charge in [-0.15, -0.1) is 11.3 Å². The van der Waals surface area contributed by atoms with Crippen molar-refractivity contribution >= 4 is 34.5 Å². The minimum Gasteiger partial charge on any atom is -0.390 e. The summed E-state index contributed by atoms with van der Waals surface area (Å²) in [5, 5.41) is 15.3. The van der Waals surface area contributed by atoms with Crippen LogP contribution in [0.3, 0.4) is 0 Å². The van der Waals surface area contributed by atoms with Crippen molar-refractivity contribution in [2.24, 2.45) is 11.8 Å². The number of aromatic nitrogens is 1. The lowest BCUT2D eigenvalue weighted by atomic mass is 9.80. The fourth-order valence-corrected chi connectivity index (χ4v) is 5.52. The van der Waals surface area contributed by atoms with Crippen LogP contribution in [-0.2, 0) is 6.18 Å². The Labute approximate surface area is 214 Å². The van der Waals surface area contributed by atoms with Gasteiger partial charge in [-0.3, -0.25) is 4.79 Å². The van der Waals surface area contributed by atoms with Crippen LogP contribution >= 0.6 is 11.3 Å². The molecule has 196 valence electrons. The van der Waals surface area contributed by atoms with Crippen molar-refractivity contribution in [1.82, 2.24) is 4.98 Å². The molecule has 1 saturated carbocycles. The first-order valence-corrected chi connectivity index (χ1v) is 12.4. The molecule has 0 unspecified atom stereocenters. The molecule has 0 bridgehead atoms. The molecule has 37 heavy (non-hydrogen) atoms. The number of nitrogens with one attached hydrogen (secondary N) is 2. The third-order valence-electron chi connectivity index (χ3n) is 6.45. The first-order valence-electron chi connectivity index (χ1n) is 11.6. The van der Waals surface area contributed by atoms with E-state index in [4.69, 9.17) is 0 Å². The number of hydrogen-bond donors (Lipinski definition) is 3. The van der Waals surface area contributed by atoms with E-state index in [1.165, 1.54) is 11.3 Å². The normalized spacial score (nSPS) is 18.0. The Kier molecular flexibility index (Phi) is 7.38. The van der Waals surface area contributed by atoms with E-state index in [2.05, 4.69) is 15.6 Å². The van der Waals surface area contributed by atoms with E-state index in [9.17, 15) is 32.3 Å². The summed E-state index contributed by atoms with van der Waals surface area (Å²) in [5.41, 5.74) is -1.55. The van der Waals surface area contributed by atoms with Gasteiger partial charge in [-0.25, -0.2) is 14.2 Å². The quantitative estimate of drug-likeness (QED) is 0.235. The number of rotatable bonds is 6. The number of ketones is 1. The zero-order chi connectivity index (χ0) is 27.0. The third-order valence-corrected chi connectivity index (χ3v) is 7.51. The molecular formula is C26H25F4N3O3S. The van der Waals surface area contributed by atoms with Gasteiger partial charge in [0.2, 0.25) is 0 Å². The summed E-state index contributed by atoms with van der Waals surface area (Å²) >= 11 is 1.24. The van der Waals surface area contributed by atoms with Crippen LogP contribution in [-0.4, -0.2) is 27.5 Å². The number of urea groups is 1. The fraction of sp³-hybridized carbons (Fsp3) is 0.346. The molecule has 3 N–H and O–H groups in total. The minimum atomic E-state index is -4.67. The van der Waals surface area contributed by atoms with Crippen molar-refractivity contribution < 1.29 is 32.3 Å². The number of benzene rings is 2. The Morgan fingerprint density at radius 2 is 1.76 bits per heavy atom. The minimum absolute atomic E-state index is 0.0716. The number of carbonyl (C=O) groups excluding carboxylic acids is 2. The molecule has 2 amide bonds. The molecule has 0 radical (unpaired) electrons. The average molecular weight is 536 g/mol. The van der Waals surface area contributed by atoms with Crippen LogP contribution in [0.1, 0.15) is 48.5 Å². The van der Waals surface area contributed by atoms with Crippen molar-refractivity contribution in [3.8, 4) is 10.4 Å². The second kappa shape index (κ2) is 10.2. The van der Waals surface area contributed by atoms with E-state index in [0.717, 1.165) is 29.7 Å². The molecule has 6 nitrogen and oxygen atoms in total.